The van der Waals surface area contributed by atoms with Crippen molar-refractivity contribution >= 4 is 27.4 Å². The van der Waals surface area contributed by atoms with E-state index in [0.717, 1.165) is 17.7 Å². The van der Waals surface area contributed by atoms with E-state index in [0.29, 0.717) is 30.2 Å². The van der Waals surface area contributed by atoms with Crippen molar-refractivity contribution in [3.63, 3.8) is 0 Å². The lowest BCUT2D eigenvalue weighted by atomic mass is 10.1. The van der Waals surface area contributed by atoms with Crippen molar-refractivity contribution in [1.29, 1.82) is 0 Å². The van der Waals surface area contributed by atoms with Gasteiger partial charge in [-0.25, -0.2) is 14.1 Å². The number of nitrogens with zero attached hydrogens (tertiary/aromatic N) is 3. The molecule has 0 unspecified atom stereocenters. The highest BCUT2D eigenvalue weighted by atomic mass is 32.2. The van der Waals surface area contributed by atoms with E-state index in [-0.39, 0.29) is 23.8 Å². The predicted molar refractivity (Wildman–Crippen MR) is 142 cm³/mol. The number of benzene rings is 2. The number of amides is 1. The summed E-state index contributed by atoms with van der Waals surface area (Å²) in [7, 11) is -4.18. The molecule has 1 aliphatic heterocycles. The molecule has 0 saturated carbocycles. The molecule has 1 aliphatic rings. The number of halogens is 1. The van der Waals surface area contributed by atoms with E-state index in [1.54, 1.807) is 12.1 Å². The number of carbonyl (C=O) groups is 1. The molecule has 0 bridgehead atoms. The number of hydrogen-bond donors (Lipinski definition) is 2. The summed E-state index contributed by atoms with van der Waals surface area (Å²) in [6.07, 6.45) is 2.00. The summed E-state index contributed by atoms with van der Waals surface area (Å²) < 4.78 is 47.7. The van der Waals surface area contributed by atoms with Crippen LogP contribution in [0.4, 0.5) is 15.9 Å². The molecule has 1 amide bonds. The molecule has 0 saturated heterocycles. The molecular weight excluding hydrogens is 509 g/mol. The van der Waals surface area contributed by atoms with Crippen molar-refractivity contribution < 1.29 is 23.8 Å². The maximum Gasteiger partial charge on any atom is 0.281 e. The van der Waals surface area contributed by atoms with Crippen molar-refractivity contribution in [2.45, 2.75) is 25.3 Å². The summed E-state index contributed by atoms with van der Waals surface area (Å²) in [6.45, 7) is 4.96. The van der Waals surface area contributed by atoms with Crippen LogP contribution in [0.15, 0.2) is 71.9 Å². The molecule has 3 heterocycles. The van der Waals surface area contributed by atoms with Gasteiger partial charge in [0.25, 0.3) is 15.9 Å². The number of pyridine rings is 1. The van der Waals surface area contributed by atoms with Crippen LogP contribution in [-0.2, 0) is 16.4 Å². The van der Waals surface area contributed by atoms with Crippen molar-refractivity contribution in [2.75, 3.05) is 18.1 Å². The number of nitrogens with one attached hydrogen (secondary N) is 2. The fraction of sp³-hybridized carbons (Fsp3) is 0.222. The van der Waals surface area contributed by atoms with Gasteiger partial charge in [0.15, 0.2) is 5.03 Å². The maximum absolute atomic E-state index is 14.5. The normalized spacial score (nSPS) is 13.0. The largest absolute Gasteiger partial charge is 0.493 e. The number of sulfonamides is 1. The first-order chi connectivity index (χ1) is 18.2. The van der Waals surface area contributed by atoms with Crippen LogP contribution in [0, 0.1) is 11.7 Å². The minimum absolute atomic E-state index is 0. The molecule has 9 nitrogen and oxygen atoms in total. The molecule has 0 fully saturated rings. The smallest absolute Gasteiger partial charge is 0.281 e. The van der Waals surface area contributed by atoms with Crippen molar-refractivity contribution in [3.8, 4) is 17.0 Å². The Labute approximate surface area is 221 Å². The maximum atomic E-state index is 14.5. The Bertz CT molecular complexity index is 1600. The van der Waals surface area contributed by atoms with Crippen molar-refractivity contribution in [1.82, 2.24) is 19.9 Å². The zero-order chi connectivity index (χ0) is 26.9. The fourth-order valence-corrected chi connectivity index (χ4v) is 5.11. The molecule has 2 aromatic heterocycles. The highest BCUT2D eigenvalue weighted by molar-refractivity contribution is 7.90. The number of H-pyrrole nitrogens is 1. The number of carbonyl (C=O) groups excluding carboxylic acids is 1. The Morgan fingerprint density at radius 1 is 1.18 bits per heavy atom. The van der Waals surface area contributed by atoms with E-state index < -0.39 is 21.7 Å². The Balaban J connectivity index is 0.00000353. The third-order valence-electron chi connectivity index (χ3n) is 6.00. The van der Waals surface area contributed by atoms with Crippen LogP contribution >= 0.6 is 0 Å². The zero-order valence-electron chi connectivity index (χ0n) is 20.8. The summed E-state index contributed by atoms with van der Waals surface area (Å²) in [4.78, 5) is 19.9. The lowest BCUT2D eigenvalue weighted by Gasteiger charge is -2.22. The third kappa shape index (κ3) is 5.23. The summed E-state index contributed by atoms with van der Waals surface area (Å²) in [5.74, 6) is -0.436. The highest BCUT2D eigenvalue weighted by Crippen LogP contribution is 2.37. The molecule has 4 aromatic rings. The van der Waals surface area contributed by atoms with Gasteiger partial charge in [-0.1, -0.05) is 32.0 Å². The van der Waals surface area contributed by atoms with Crippen molar-refractivity contribution in [3.05, 3.63) is 83.8 Å². The lowest BCUT2D eigenvalue weighted by molar-refractivity contribution is 0.0981. The molecule has 0 spiro atoms. The molecule has 0 atom stereocenters. The number of fused-ring (bicyclic) bond motifs is 1. The Kier molecular flexibility index (Phi) is 6.85. The van der Waals surface area contributed by atoms with E-state index in [1.807, 2.05) is 43.0 Å². The SMILES string of the molecule is CC(C)COc1cc(F)cc(-c2ccc(C(=O)NS(=O)(=O)c3ccn[nH]3)c(N3CCc4ccccc43)n2)c1.[HH]. The Hall–Kier alpha value is -4.25. The molecule has 2 N–H and O–H groups in total. The molecule has 38 heavy (non-hydrogen) atoms. The van der Waals surface area contributed by atoms with Crippen LogP contribution in [0.5, 0.6) is 5.75 Å². The van der Waals surface area contributed by atoms with Gasteiger partial charge in [-0.2, -0.15) is 13.5 Å². The monoisotopic (exact) mass is 537 g/mol. The summed E-state index contributed by atoms with van der Waals surface area (Å²) in [5.41, 5.74) is 2.87. The van der Waals surface area contributed by atoms with Crippen molar-refractivity contribution in [2.24, 2.45) is 5.92 Å². The number of anilines is 2. The third-order valence-corrected chi connectivity index (χ3v) is 7.27. The molecule has 11 heteroatoms. The molecular formula is C27H28FN5O4S. The van der Waals surface area contributed by atoms with Crippen LogP contribution in [0.1, 0.15) is 31.2 Å². The molecule has 2 aromatic carbocycles. The quantitative estimate of drug-likeness (QED) is 0.334. The Morgan fingerprint density at radius 3 is 2.76 bits per heavy atom. The second kappa shape index (κ2) is 10.3. The van der Waals surface area contributed by atoms with Gasteiger partial charge in [0, 0.05) is 25.3 Å². The van der Waals surface area contributed by atoms with Gasteiger partial charge in [0.05, 0.1) is 24.1 Å². The number of aromatic nitrogens is 3. The summed E-state index contributed by atoms with van der Waals surface area (Å²) in [6, 6.07) is 16.4. The average molecular weight is 538 g/mol. The summed E-state index contributed by atoms with van der Waals surface area (Å²) >= 11 is 0. The number of para-hydroxylation sites is 1. The minimum atomic E-state index is -4.18. The topological polar surface area (TPSA) is 117 Å². The standard InChI is InChI=1S/C27H26FN5O4S.H2/c1-17(2)16-37-21-14-19(13-20(28)15-21)23-8-7-22(27(34)32-38(35,36)25-9-11-29-31-25)26(30-23)33-12-10-18-5-3-4-6-24(18)33;/h3-9,11,13-15,17H,10,12,16H2,1-2H3,(H,29,31)(H,32,34);1H. The van der Waals surface area contributed by atoms with Crippen LogP contribution in [0.2, 0.25) is 0 Å². The van der Waals surface area contributed by atoms with Crippen LogP contribution < -0.4 is 14.4 Å². The average Bonchev–Trinajstić information content (AvgIpc) is 3.58. The second-order valence-electron chi connectivity index (χ2n) is 9.33. The van der Waals surface area contributed by atoms with Crippen LogP contribution in [0.25, 0.3) is 11.3 Å². The van der Waals surface area contributed by atoms with Gasteiger partial charge in [-0.05, 0) is 54.3 Å². The summed E-state index contributed by atoms with van der Waals surface area (Å²) in [5, 5.41) is 5.75. The number of rotatable bonds is 8. The number of hydrogen-bond acceptors (Lipinski definition) is 7. The van der Waals surface area contributed by atoms with E-state index in [4.69, 9.17) is 9.72 Å². The second-order valence-corrected chi connectivity index (χ2v) is 11.0. The molecule has 0 aliphatic carbocycles. The van der Waals surface area contributed by atoms with E-state index >= 15 is 0 Å². The number of aromatic amines is 1. The van der Waals surface area contributed by atoms with Gasteiger partial charge < -0.3 is 9.64 Å². The van der Waals surface area contributed by atoms with E-state index in [2.05, 4.69) is 14.9 Å². The first kappa shape index (κ1) is 25.4. The molecule has 5 rings (SSSR count). The predicted octanol–water partition coefficient (Wildman–Crippen LogP) is 4.70. The van der Waals surface area contributed by atoms with Gasteiger partial charge in [-0.3, -0.25) is 9.89 Å². The number of ether oxygens (including phenoxy) is 1. The zero-order valence-corrected chi connectivity index (χ0v) is 21.6. The Morgan fingerprint density at radius 2 is 2.00 bits per heavy atom. The minimum Gasteiger partial charge on any atom is -0.493 e. The van der Waals surface area contributed by atoms with Gasteiger partial charge in [0.1, 0.15) is 17.4 Å². The van der Waals surface area contributed by atoms with Crippen LogP contribution in [0.3, 0.4) is 0 Å². The van der Waals surface area contributed by atoms with Gasteiger partial charge in [-0.15, -0.1) is 0 Å². The van der Waals surface area contributed by atoms with Gasteiger partial charge >= 0.3 is 0 Å². The highest BCUT2D eigenvalue weighted by Gasteiger charge is 2.28. The lowest BCUT2D eigenvalue weighted by Crippen LogP contribution is -2.32. The first-order valence-electron chi connectivity index (χ1n) is 12.1. The molecule has 0 radical (unpaired) electrons. The van der Waals surface area contributed by atoms with Crippen LogP contribution in [-0.4, -0.2) is 42.7 Å². The fourth-order valence-electron chi connectivity index (χ4n) is 4.23. The van der Waals surface area contributed by atoms with E-state index in [9.17, 15) is 17.6 Å². The first-order valence-corrected chi connectivity index (χ1v) is 13.6. The molecule has 198 valence electrons. The van der Waals surface area contributed by atoms with Gasteiger partial charge in [0.2, 0.25) is 0 Å². The van der Waals surface area contributed by atoms with E-state index in [1.165, 1.54) is 30.5 Å².